The average Bonchev–Trinajstić information content (AvgIpc) is 2.30. The first-order valence-corrected chi connectivity index (χ1v) is 5.14. The van der Waals surface area contributed by atoms with E-state index < -0.39 is 5.97 Å². The minimum absolute atomic E-state index is 0.116. The maximum absolute atomic E-state index is 10.6. The molecule has 1 saturated heterocycles. The maximum atomic E-state index is 10.6. The lowest BCUT2D eigenvalue weighted by atomic mass is 10.1. The van der Waals surface area contributed by atoms with Gasteiger partial charge in [0.25, 0.3) is 0 Å². The second-order valence-electron chi connectivity index (χ2n) is 3.81. The summed E-state index contributed by atoms with van der Waals surface area (Å²) in [5.74, 6) is -0.406. The van der Waals surface area contributed by atoms with Gasteiger partial charge in [-0.3, -0.25) is 0 Å². The first kappa shape index (κ1) is 10.6. The van der Waals surface area contributed by atoms with Crippen LogP contribution in [0.15, 0.2) is 24.5 Å². The average molecular weight is 219 g/mol. The van der Waals surface area contributed by atoms with Crippen LogP contribution >= 0.6 is 0 Å². The van der Waals surface area contributed by atoms with Crippen LogP contribution in [0.2, 0.25) is 0 Å². The molecule has 0 saturated carbocycles. The molecule has 0 spiro atoms. The molecule has 5 nitrogen and oxygen atoms in total. The van der Waals surface area contributed by atoms with E-state index in [9.17, 15) is 4.79 Å². The van der Waals surface area contributed by atoms with Crippen molar-refractivity contribution in [1.29, 1.82) is 0 Å². The van der Waals surface area contributed by atoms with Crippen LogP contribution in [-0.4, -0.2) is 34.1 Å². The van der Waals surface area contributed by atoms with Crippen LogP contribution in [0.3, 0.4) is 0 Å². The molecule has 0 radical (unpaired) electrons. The van der Waals surface area contributed by atoms with Gasteiger partial charge >= 0.3 is 5.97 Å². The monoisotopic (exact) mass is 219 g/mol. The number of aromatic carboxylic acids is 1. The topological polar surface area (TPSA) is 66.3 Å². The van der Waals surface area contributed by atoms with Crippen LogP contribution in [0.1, 0.15) is 23.2 Å². The molecule has 5 heteroatoms. The molecule has 1 N–H and O–H groups in total. The molecule has 1 aliphatic rings. The van der Waals surface area contributed by atoms with Crippen molar-refractivity contribution < 1.29 is 9.90 Å². The zero-order valence-corrected chi connectivity index (χ0v) is 8.89. The molecule has 2 rings (SSSR count). The lowest BCUT2D eigenvalue weighted by Crippen LogP contribution is -2.31. The van der Waals surface area contributed by atoms with E-state index in [4.69, 9.17) is 5.11 Å². The molecular weight excluding hydrogens is 206 g/mol. The van der Waals surface area contributed by atoms with Gasteiger partial charge < -0.3 is 10.0 Å². The van der Waals surface area contributed by atoms with Crippen molar-refractivity contribution in [2.75, 3.05) is 18.0 Å². The molecule has 1 aromatic heterocycles. The highest BCUT2D eigenvalue weighted by molar-refractivity contribution is 5.86. The molecule has 0 amide bonds. The molecule has 0 atom stereocenters. The van der Waals surface area contributed by atoms with Gasteiger partial charge in [-0.2, -0.15) is 0 Å². The van der Waals surface area contributed by atoms with Crippen LogP contribution in [0.25, 0.3) is 0 Å². The Morgan fingerprint density at radius 3 is 2.38 bits per heavy atom. The zero-order chi connectivity index (χ0) is 11.5. The van der Waals surface area contributed by atoms with Crippen molar-refractivity contribution in [2.24, 2.45) is 0 Å². The van der Waals surface area contributed by atoms with E-state index in [0.29, 0.717) is 5.95 Å². The van der Waals surface area contributed by atoms with E-state index in [-0.39, 0.29) is 5.56 Å². The number of hydrogen-bond donors (Lipinski definition) is 1. The molecule has 0 aromatic carbocycles. The number of carbonyl (C=O) groups is 1. The van der Waals surface area contributed by atoms with Crippen LogP contribution < -0.4 is 4.90 Å². The molecule has 0 unspecified atom stereocenters. The Bertz CT molecular complexity index is 404. The molecule has 1 fully saturated rings. The molecular formula is C11H13N3O2. The van der Waals surface area contributed by atoms with Gasteiger partial charge in [0.15, 0.2) is 0 Å². The standard InChI is InChI=1S/C11H13N3O2/c1-8-2-4-14(5-3-8)11-12-6-9(7-13-11)10(15)16/h6-7H,1-5H2,(H,15,16). The summed E-state index contributed by atoms with van der Waals surface area (Å²) < 4.78 is 0. The zero-order valence-electron chi connectivity index (χ0n) is 8.89. The van der Waals surface area contributed by atoms with Gasteiger partial charge in [-0.1, -0.05) is 12.2 Å². The second kappa shape index (κ2) is 4.30. The number of nitrogens with zero attached hydrogens (tertiary/aromatic N) is 3. The van der Waals surface area contributed by atoms with E-state index in [1.165, 1.54) is 18.0 Å². The minimum Gasteiger partial charge on any atom is -0.478 e. The number of piperidine rings is 1. The Morgan fingerprint density at radius 1 is 1.31 bits per heavy atom. The Kier molecular flexibility index (Phi) is 2.85. The Balaban J connectivity index is 2.10. The third-order valence-corrected chi connectivity index (χ3v) is 2.64. The number of anilines is 1. The Hall–Kier alpha value is -1.91. The molecule has 16 heavy (non-hydrogen) atoms. The first-order valence-electron chi connectivity index (χ1n) is 5.14. The number of hydrogen-bond acceptors (Lipinski definition) is 4. The SMILES string of the molecule is C=C1CCN(c2ncc(C(=O)O)cn2)CC1. The predicted molar refractivity (Wildman–Crippen MR) is 59.6 cm³/mol. The lowest BCUT2D eigenvalue weighted by molar-refractivity contribution is 0.0696. The fourth-order valence-electron chi connectivity index (χ4n) is 1.62. The molecule has 84 valence electrons. The van der Waals surface area contributed by atoms with E-state index in [1.807, 2.05) is 4.90 Å². The van der Waals surface area contributed by atoms with Gasteiger partial charge in [-0.25, -0.2) is 14.8 Å². The first-order chi connectivity index (χ1) is 7.66. The van der Waals surface area contributed by atoms with E-state index >= 15 is 0 Å². The van der Waals surface area contributed by atoms with Gasteiger partial charge in [-0.15, -0.1) is 0 Å². The Morgan fingerprint density at radius 2 is 1.88 bits per heavy atom. The number of carboxylic acid groups (broad SMARTS) is 1. The highest BCUT2D eigenvalue weighted by Gasteiger charge is 2.15. The summed E-state index contributed by atoms with van der Waals surface area (Å²) in [6.07, 6.45) is 4.58. The summed E-state index contributed by atoms with van der Waals surface area (Å²) in [6, 6.07) is 0. The molecule has 2 heterocycles. The number of rotatable bonds is 2. The fraction of sp³-hybridized carbons (Fsp3) is 0.364. The predicted octanol–water partition coefficient (Wildman–Crippen LogP) is 1.33. The van der Waals surface area contributed by atoms with E-state index in [1.54, 1.807) is 0 Å². The van der Waals surface area contributed by atoms with Gasteiger partial charge in [0.2, 0.25) is 5.95 Å². The summed E-state index contributed by atoms with van der Waals surface area (Å²) in [6.45, 7) is 5.64. The van der Waals surface area contributed by atoms with Gasteiger partial charge in [-0.05, 0) is 12.8 Å². The van der Waals surface area contributed by atoms with E-state index in [0.717, 1.165) is 25.9 Å². The largest absolute Gasteiger partial charge is 0.478 e. The van der Waals surface area contributed by atoms with Crippen LogP contribution in [0.5, 0.6) is 0 Å². The summed E-state index contributed by atoms with van der Waals surface area (Å²) in [7, 11) is 0. The van der Waals surface area contributed by atoms with Crippen LogP contribution in [-0.2, 0) is 0 Å². The third kappa shape index (κ3) is 2.18. The van der Waals surface area contributed by atoms with Crippen LogP contribution in [0, 0.1) is 0 Å². The van der Waals surface area contributed by atoms with Crippen LogP contribution in [0.4, 0.5) is 5.95 Å². The van der Waals surface area contributed by atoms with Gasteiger partial charge in [0, 0.05) is 25.5 Å². The fourth-order valence-corrected chi connectivity index (χ4v) is 1.62. The smallest absolute Gasteiger partial charge is 0.338 e. The Labute approximate surface area is 93.4 Å². The van der Waals surface area contributed by atoms with E-state index in [2.05, 4.69) is 16.5 Å². The van der Waals surface area contributed by atoms with Crippen molar-refractivity contribution in [3.8, 4) is 0 Å². The van der Waals surface area contributed by atoms with Gasteiger partial charge in [0.1, 0.15) is 0 Å². The molecule has 1 aliphatic heterocycles. The maximum Gasteiger partial charge on any atom is 0.338 e. The normalized spacial score (nSPS) is 16.2. The highest BCUT2D eigenvalue weighted by atomic mass is 16.4. The second-order valence-corrected chi connectivity index (χ2v) is 3.81. The highest BCUT2D eigenvalue weighted by Crippen LogP contribution is 2.17. The third-order valence-electron chi connectivity index (χ3n) is 2.64. The van der Waals surface area contributed by atoms with Crippen molar-refractivity contribution in [2.45, 2.75) is 12.8 Å². The summed E-state index contributed by atoms with van der Waals surface area (Å²) in [5.41, 5.74) is 1.36. The summed E-state index contributed by atoms with van der Waals surface area (Å²) in [5, 5.41) is 8.72. The van der Waals surface area contributed by atoms with Gasteiger partial charge in [0.05, 0.1) is 5.56 Å². The van der Waals surface area contributed by atoms with Crippen molar-refractivity contribution in [3.05, 3.63) is 30.1 Å². The molecule has 0 bridgehead atoms. The van der Waals surface area contributed by atoms with Crippen molar-refractivity contribution in [3.63, 3.8) is 0 Å². The summed E-state index contributed by atoms with van der Waals surface area (Å²) >= 11 is 0. The number of carboxylic acids is 1. The quantitative estimate of drug-likeness (QED) is 0.760. The lowest BCUT2D eigenvalue weighted by Gasteiger charge is -2.27. The molecule has 1 aromatic rings. The minimum atomic E-state index is -1.00. The van der Waals surface area contributed by atoms with Crippen molar-refractivity contribution >= 4 is 11.9 Å². The van der Waals surface area contributed by atoms with Crippen molar-refractivity contribution in [1.82, 2.24) is 9.97 Å². The molecule has 0 aliphatic carbocycles. The number of aromatic nitrogens is 2. The summed E-state index contributed by atoms with van der Waals surface area (Å²) in [4.78, 5) is 20.8.